The fourth-order valence-electron chi connectivity index (χ4n) is 4.72. The lowest BCUT2D eigenvalue weighted by molar-refractivity contribution is -0.136. The standard InChI is InChI=1S/C21H27N5O2/c27-20(24-16-5-6-16)18-19-22-10-7-17(26(19)13-23-18)14-8-11-25(12-9-14)21(28)15-3-1-2-4-15/h7,10,13-16H,1-6,8-9,11-12H2,(H,24,27). The van der Waals surface area contributed by atoms with Crippen molar-refractivity contribution in [2.75, 3.05) is 13.1 Å². The molecule has 0 atom stereocenters. The van der Waals surface area contributed by atoms with E-state index in [-0.39, 0.29) is 11.8 Å². The molecule has 2 saturated carbocycles. The summed E-state index contributed by atoms with van der Waals surface area (Å²) < 4.78 is 1.96. The quantitative estimate of drug-likeness (QED) is 0.883. The van der Waals surface area contributed by atoms with Crippen molar-refractivity contribution >= 4 is 17.5 Å². The van der Waals surface area contributed by atoms with Gasteiger partial charge in [0, 0.05) is 42.9 Å². The third-order valence-corrected chi connectivity index (χ3v) is 6.52. The van der Waals surface area contributed by atoms with Gasteiger partial charge in [-0.15, -0.1) is 0 Å². The van der Waals surface area contributed by atoms with Crippen LogP contribution in [0.15, 0.2) is 18.6 Å². The van der Waals surface area contributed by atoms with Gasteiger partial charge in [-0.25, -0.2) is 9.97 Å². The first kappa shape index (κ1) is 17.6. The Morgan fingerprint density at radius 3 is 2.46 bits per heavy atom. The molecule has 0 radical (unpaired) electrons. The maximum Gasteiger partial charge on any atom is 0.274 e. The van der Waals surface area contributed by atoms with Crippen LogP contribution < -0.4 is 5.32 Å². The number of nitrogens with zero attached hydrogens (tertiary/aromatic N) is 4. The molecule has 7 nitrogen and oxygen atoms in total. The topological polar surface area (TPSA) is 79.6 Å². The van der Waals surface area contributed by atoms with Crippen LogP contribution in [0.25, 0.3) is 5.65 Å². The summed E-state index contributed by atoms with van der Waals surface area (Å²) in [4.78, 5) is 35.9. The first-order valence-corrected chi connectivity index (χ1v) is 10.6. The smallest absolute Gasteiger partial charge is 0.274 e. The predicted octanol–water partition coefficient (Wildman–Crippen LogP) is 2.52. The van der Waals surface area contributed by atoms with Gasteiger partial charge in [-0.1, -0.05) is 12.8 Å². The number of piperidine rings is 1. The molecule has 1 saturated heterocycles. The van der Waals surface area contributed by atoms with Gasteiger partial charge in [0.1, 0.15) is 6.33 Å². The summed E-state index contributed by atoms with van der Waals surface area (Å²) in [5.74, 6) is 0.834. The van der Waals surface area contributed by atoms with Gasteiger partial charge in [0.25, 0.3) is 5.91 Å². The van der Waals surface area contributed by atoms with E-state index in [0.29, 0.717) is 29.2 Å². The molecule has 5 rings (SSSR count). The molecule has 28 heavy (non-hydrogen) atoms. The second kappa shape index (κ2) is 7.18. The lowest BCUT2D eigenvalue weighted by Gasteiger charge is -2.34. The number of carbonyl (C=O) groups is 2. The number of hydrogen-bond acceptors (Lipinski definition) is 4. The molecule has 0 unspecified atom stereocenters. The molecule has 0 spiro atoms. The van der Waals surface area contributed by atoms with Crippen molar-refractivity contribution in [3.8, 4) is 0 Å². The Bertz CT molecular complexity index is 889. The van der Waals surface area contributed by atoms with Crippen LogP contribution in [0.4, 0.5) is 0 Å². The zero-order chi connectivity index (χ0) is 19.1. The first-order chi connectivity index (χ1) is 13.7. The third kappa shape index (κ3) is 3.27. The van der Waals surface area contributed by atoms with Gasteiger partial charge in [0.05, 0.1) is 0 Å². The molecule has 2 aromatic heterocycles. The SMILES string of the molecule is O=C(NC1CC1)c1ncn2c(C3CCN(C(=O)C4CCCC4)CC3)ccnc12. The maximum absolute atomic E-state index is 12.7. The van der Waals surface area contributed by atoms with Gasteiger partial charge in [-0.2, -0.15) is 0 Å². The van der Waals surface area contributed by atoms with Crippen molar-refractivity contribution in [1.82, 2.24) is 24.6 Å². The van der Waals surface area contributed by atoms with E-state index in [1.165, 1.54) is 12.8 Å². The average Bonchev–Trinajstić information content (AvgIpc) is 3.21. The predicted molar refractivity (Wildman–Crippen MR) is 104 cm³/mol. The Labute approximate surface area is 164 Å². The first-order valence-electron chi connectivity index (χ1n) is 10.6. The van der Waals surface area contributed by atoms with E-state index >= 15 is 0 Å². The number of likely N-dealkylation sites (tertiary alicyclic amines) is 1. The van der Waals surface area contributed by atoms with Crippen LogP contribution in [0.5, 0.6) is 0 Å². The third-order valence-electron chi connectivity index (χ3n) is 6.52. The Morgan fingerprint density at radius 1 is 1.00 bits per heavy atom. The van der Waals surface area contributed by atoms with Gasteiger partial charge in [0.2, 0.25) is 5.91 Å². The van der Waals surface area contributed by atoms with Gasteiger partial charge in [0.15, 0.2) is 11.3 Å². The van der Waals surface area contributed by atoms with Gasteiger partial charge in [-0.05, 0) is 44.6 Å². The van der Waals surface area contributed by atoms with Crippen molar-refractivity contribution < 1.29 is 9.59 Å². The molecule has 3 fully saturated rings. The molecule has 2 amide bonds. The number of rotatable bonds is 4. The minimum atomic E-state index is -0.133. The minimum absolute atomic E-state index is 0.133. The van der Waals surface area contributed by atoms with Crippen molar-refractivity contribution in [2.45, 2.75) is 63.3 Å². The van der Waals surface area contributed by atoms with Crippen LogP contribution in [-0.2, 0) is 4.79 Å². The average molecular weight is 381 g/mol. The molecule has 7 heteroatoms. The van der Waals surface area contributed by atoms with Crippen LogP contribution in [-0.4, -0.2) is 50.2 Å². The zero-order valence-corrected chi connectivity index (χ0v) is 16.1. The lowest BCUT2D eigenvalue weighted by Crippen LogP contribution is -2.41. The summed E-state index contributed by atoms with van der Waals surface area (Å²) in [6.07, 6.45) is 12.0. The Morgan fingerprint density at radius 2 is 1.75 bits per heavy atom. The molecule has 2 aromatic rings. The number of aromatic nitrogens is 3. The van der Waals surface area contributed by atoms with Crippen LogP contribution in [0.1, 0.15) is 73.5 Å². The minimum Gasteiger partial charge on any atom is -0.348 e. The number of amides is 2. The number of nitrogens with one attached hydrogen (secondary N) is 1. The molecular formula is C21H27N5O2. The maximum atomic E-state index is 12.7. The summed E-state index contributed by atoms with van der Waals surface area (Å²) in [6.45, 7) is 1.63. The summed E-state index contributed by atoms with van der Waals surface area (Å²) in [7, 11) is 0. The van der Waals surface area contributed by atoms with Gasteiger partial charge >= 0.3 is 0 Å². The molecule has 1 aliphatic heterocycles. The van der Waals surface area contributed by atoms with E-state index in [4.69, 9.17) is 0 Å². The Kier molecular flexibility index (Phi) is 4.53. The van der Waals surface area contributed by atoms with Gasteiger partial charge in [-0.3, -0.25) is 14.0 Å². The van der Waals surface area contributed by atoms with E-state index in [9.17, 15) is 9.59 Å². The second-order valence-electron chi connectivity index (χ2n) is 8.49. The fraction of sp³-hybridized carbons (Fsp3) is 0.619. The number of hydrogen-bond donors (Lipinski definition) is 1. The van der Waals surface area contributed by atoms with E-state index in [1.807, 2.05) is 10.5 Å². The second-order valence-corrected chi connectivity index (χ2v) is 8.49. The molecule has 0 bridgehead atoms. The lowest BCUT2D eigenvalue weighted by atomic mass is 9.92. The molecule has 3 aliphatic rings. The highest BCUT2D eigenvalue weighted by Gasteiger charge is 2.31. The van der Waals surface area contributed by atoms with Crippen LogP contribution in [0, 0.1) is 5.92 Å². The molecule has 3 heterocycles. The normalized spacial score (nSPS) is 21.4. The molecule has 1 N–H and O–H groups in total. The van der Waals surface area contributed by atoms with Crippen molar-refractivity contribution in [1.29, 1.82) is 0 Å². The highest BCUT2D eigenvalue weighted by Crippen LogP contribution is 2.32. The summed E-state index contributed by atoms with van der Waals surface area (Å²) >= 11 is 0. The highest BCUT2D eigenvalue weighted by atomic mass is 16.2. The molecule has 2 aliphatic carbocycles. The van der Waals surface area contributed by atoms with Crippen LogP contribution in [0.3, 0.4) is 0 Å². The zero-order valence-electron chi connectivity index (χ0n) is 16.1. The highest BCUT2D eigenvalue weighted by molar-refractivity contribution is 5.98. The molecular weight excluding hydrogens is 354 g/mol. The van der Waals surface area contributed by atoms with E-state index in [2.05, 4.69) is 20.2 Å². The van der Waals surface area contributed by atoms with Crippen molar-refractivity contribution in [2.24, 2.45) is 5.92 Å². The van der Waals surface area contributed by atoms with Gasteiger partial charge < -0.3 is 10.2 Å². The number of fused-ring (bicyclic) bond motifs is 1. The molecule has 0 aromatic carbocycles. The van der Waals surface area contributed by atoms with E-state index < -0.39 is 0 Å². The Hall–Kier alpha value is -2.44. The summed E-state index contributed by atoms with van der Waals surface area (Å²) in [6, 6.07) is 2.32. The summed E-state index contributed by atoms with van der Waals surface area (Å²) in [5.41, 5.74) is 2.17. The van der Waals surface area contributed by atoms with Crippen molar-refractivity contribution in [3.63, 3.8) is 0 Å². The Balaban J connectivity index is 1.30. The largest absolute Gasteiger partial charge is 0.348 e. The molecule has 148 valence electrons. The van der Waals surface area contributed by atoms with Crippen molar-refractivity contribution in [3.05, 3.63) is 30.0 Å². The number of carbonyl (C=O) groups excluding carboxylic acids is 2. The van der Waals surface area contributed by atoms with E-state index in [1.54, 1.807) is 12.5 Å². The summed E-state index contributed by atoms with van der Waals surface area (Å²) in [5, 5.41) is 2.99. The van der Waals surface area contributed by atoms with Crippen LogP contribution >= 0.6 is 0 Å². The van der Waals surface area contributed by atoms with Crippen LogP contribution in [0.2, 0.25) is 0 Å². The number of imidazole rings is 1. The monoisotopic (exact) mass is 381 g/mol. The fourth-order valence-corrected chi connectivity index (χ4v) is 4.72. The van der Waals surface area contributed by atoms with E-state index in [0.717, 1.165) is 57.3 Å².